The zero-order valence-corrected chi connectivity index (χ0v) is 12.0. The molecule has 0 aromatic carbocycles. The molecule has 2 N–H and O–H groups in total. The Morgan fingerprint density at radius 2 is 2.11 bits per heavy atom. The number of nitrogens with one attached hydrogen (secondary N) is 2. The van der Waals surface area contributed by atoms with Gasteiger partial charge in [-0.3, -0.25) is 0 Å². The summed E-state index contributed by atoms with van der Waals surface area (Å²) < 4.78 is 0. The molecular weight excluding hydrogens is 244 g/mol. The lowest BCUT2D eigenvalue weighted by molar-refractivity contribution is 0.751. The fourth-order valence-corrected chi connectivity index (χ4v) is 3.52. The van der Waals surface area contributed by atoms with Crippen LogP contribution in [0.2, 0.25) is 0 Å². The number of hydrogen-bond acceptors (Lipinski definition) is 5. The monoisotopic (exact) mass is 266 g/mol. The highest BCUT2D eigenvalue weighted by Gasteiger charge is 2.24. The quantitative estimate of drug-likeness (QED) is 0.829. The Labute approximate surface area is 113 Å². The third kappa shape index (κ3) is 3.77. The van der Waals surface area contributed by atoms with E-state index in [1.54, 1.807) is 6.33 Å². The molecule has 2 atom stereocenters. The zero-order valence-electron chi connectivity index (χ0n) is 11.1. The Bertz CT molecular complexity index is 372. The maximum atomic E-state index is 4.29. The third-order valence-electron chi connectivity index (χ3n) is 3.16. The summed E-state index contributed by atoms with van der Waals surface area (Å²) >= 11 is 2.08. The lowest BCUT2D eigenvalue weighted by Gasteiger charge is -2.14. The first kappa shape index (κ1) is 13.5. The number of rotatable bonds is 6. The third-order valence-corrected chi connectivity index (χ3v) is 4.40. The molecule has 1 aromatic heterocycles. The van der Waals surface area contributed by atoms with E-state index < -0.39 is 0 Å². The maximum Gasteiger partial charge on any atom is 0.131 e. The average Bonchev–Trinajstić information content (AvgIpc) is 2.78. The summed E-state index contributed by atoms with van der Waals surface area (Å²) in [6.45, 7) is 5.19. The van der Waals surface area contributed by atoms with Crippen molar-refractivity contribution in [1.29, 1.82) is 0 Å². The van der Waals surface area contributed by atoms with Gasteiger partial charge in [0.05, 0.1) is 0 Å². The van der Waals surface area contributed by atoms with Crippen LogP contribution in [0.5, 0.6) is 0 Å². The van der Waals surface area contributed by atoms with Crippen molar-refractivity contribution in [3.63, 3.8) is 0 Å². The Balaban J connectivity index is 1.88. The second-order valence-corrected chi connectivity index (χ2v) is 6.13. The van der Waals surface area contributed by atoms with Crippen LogP contribution in [-0.2, 0) is 0 Å². The molecule has 0 spiro atoms. The van der Waals surface area contributed by atoms with Crippen LogP contribution in [0.3, 0.4) is 0 Å². The summed E-state index contributed by atoms with van der Waals surface area (Å²) in [5.41, 5.74) is 0. The number of hydrogen-bond donors (Lipinski definition) is 2. The second kappa shape index (κ2) is 6.83. The topological polar surface area (TPSA) is 49.8 Å². The molecule has 1 saturated carbocycles. The molecule has 0 bridgehead atoms. The molecule has 0 radical (unpaired) electrons. The van der Waals surface area contributed by atoms with Gasteiger partial charge in [0.1, 0.15) is 18.0 Å². The predicted molar refractivity (Wildman–Crippen MR) is 79.4 cm³/mol. The Morgan fingerprint density at radius 3 is 2.89 bits per heavy atom. The molecule has 2 unspecified atom stereocenters. The minimum Gasteiger partial charge on any atom is -0.370 e. The molecule has 0 amide bonds. The highest BCUT2D eigenvalue weighted by molar-refractivity contribution is 7.99. The van der Waals surface area contributed by atoms with Crippen LogP contribution in [0.15, 0.2) is 12.4 Å². The summed E-state index contributed by atoms with van der Waals surface area (Å²) in [5, 5.41) is 7.55. The van der Waals surface area contributed by atoms with Crippen molar-refractivity contribution < 1.29 is 0 Å². The predicted octanol–water partition coefficient (Wildman–Crippen LogP) is 2.99. The lowest BCUT2D eigenvalue weighted by atomic mass is 10.2. The molecule has 1 aliphatic rings. The summed E-state index contributed by atoms with van der Waals surface area (Å²) in [4.78, 5) is 8.47. The smallest absolute Gasteiger partial charge is 0.131 e. The molecule has 5 heteroatoms. The van der Waals surface area contributed by atoms with Crippen LogP contribution in [0.4, 0.5) is 11.6 Å². The van der Waals surface area contributed by atoms with Gasteiger partial charge in [-0.15, -0.1) is 0 Å². The molecule has 1 aliphatic carbocycles. The van der Waals surface area contributed by atoms with Crippen LogP contribution in [0.25, 0.3) is 0 Å². The zero-order chi connectivity index (χ0) is 12.8. The van der Waals surface area contributed by atoms with Crippen molar-refractivity contribution in [1.82, 2.24) is 9.97 Å². The van der Waals surface area contributed by atoms with Gasteiger partial charge in [0.25, 0.3) is 0 Å². The number of thioether (sulfide) groups is 1. The normalized spacial score (nSPS) is 23.0. The van der Waals surface area contributed by atoms with Gasteiger partial charge in [0.2, 0.25) is 0 Å². The van der Waals surface area contributed by atoms with Crippen LogP contribution in [-0.4, -0.2) is 33.6 Å². The largest absolute Gasteiger partial charge is 0.370 e. The van der Waals surface area contributed by atoms with Crippen LogP contribution < -0.4 is 10.6 Å². The molecule has 1 fully saturated rings. The van der Waals surface area contributed by atoms with Gasteiger partial charge in [-0.2, -0.15) is 11.8 Å². The summed E-state index contributed by atoms with van der Waals surface area (Å²) in [6.07, 6.45) is 5.44. The molecule has 0 saturated heterocycles. The maximum absolute atomic E-state index is 4.29. The van der Waals surface area contributed by atoms with Crippen molar-refractivity contribution >= 4 is 23.4 Å². The molecule has 100 valence electrons. The average molecular weight is 266 g/mol. The SMILES string of the molecule is CCNc1cc(NC2CCC(SCC)C2)ncn1. The minimum atomic E-state index is 0.568. The summed E-state index contributed by atoms with van der Waals surface area (Å²) in [5.74, 6) is 3.05. The first-order chi connectivity index (χ1) is 8.81. The van der Waals surface area contributed by atoms with Gasteiger partial charge in [-0.1, -0.05) is 6.92 Å². The van der Waals surface area contributed by atoms with E-state index in [4.69, 9.17) is 0 Å². The van der Waals surface area contributed by atoms with Crippen molar-refractivity contribution in [2.75, 3.05) is 22.9 Å². The van der Waals surface area contributed by atoms with Gasteiger partial charge >= 0.3 is 0 Å². The molecular formula is C13H22N4S. The van der Waals surface area contributed by atoms with Gasteiger partial charge in [-0.05, 0) is 31.9 Å². The van der Waals surface area contributed by atoms with Gasteiger partial charge in [0.15, 0.2) is 0 Å². The fourth-order valence-electron chi connectivity index (χ4n) is 2.38. The van der Waals surface area contributed by atoms with Crippen LogP contribution in [0, 0.1) is 0 Å². The van der Waals surface area contributed by atoms with E-state index >= 15 is 0 Å². The Kier molecular flexibility index (Phi) is 5.11. The van der Waals surface area contributed by atoms with Crippen LogP contribution >= 0.6 is 11.8 Å². The van der Waals surface area contributed by atoms with Crippen molar-refractivity contribution in [2.24, 2.45) is 0 Å². The van der Waals surface area contributed by atoms with Crippen molar-refractivity contribution in [2.45, 2.75) is 44.4 Å². The lowest BCUT2D eigenvalue weighted by Crippen LogP contribution is -2.17. The van der Waals surface area contributed by atoms with E-state index in [-0.39, 0.29) is 0 Å². The summed E-state index contributed by atoms with van der Waals surface area (Å²) in [7, 11) is 0. The van der Waals surface area contributed by atoms with E-state index in [2.05, 4.69) is 46.2 Å². The van der Waals surface area contributed by atoms with Crippen molar-refractivity contribution in [3.8, 4) is 0 Å². The molecule has 1 heterocycles. The minimum absolute atomic E-state index is 0.568. The first-order valence-electron chi connectivity index (χ1n) is 6.75. The van der Waals surface area contributed by atoms with Crippen molar-refractivity contribution in [3.05, 3.63) is 12.4 Å². The summed E-state index contributed by atoms with van der Waals surface area (Å²) in [6, 6.07) is 2.56. The fraction of sp³-hybridized carbons (Fsp3) is 0.692. The highest BCUT2D eigenvalue weighted by atomic mass is 32.2. The molecule has 4 nitrogen and oxygen atoms in total. The van der Waals surface area contributed by atoms with E-state index in [1.807, 2.05) is 6.07 Å². The van der Waals surface area contributed by atoms with Gasteiger partial charge < -0.3 is 10.6 Å². The Hall–Kier alpha value is -0.970. The number of anilines is 2. The van der Waals surface area contributed by atoms with E-state index in [1.165, 1.54) is 25.0 Å². The van der Waals surface area contributed by atoms with Crippen LogP contribution in [0.1, 0.15) is 33.1 Å². The van der Waals surface area contributed by atoms with E-state index in [9.17, 15) is 0 Å². The highest BCUT2D eigenvalue weighted by Crippen LogP contribution is 2.31. The molecule has 2 rings (SSSR count). The molecule has 18 heavy (non-hydrogen) atoms. The number of nitrogens with zero attached hydrogens (tertiary/aromatic N) is 2. The van der Waals surface area contributed by atoms with E-state index in [0.717, 1.165) is 23.4 Å². The van der Waals surface area contributed by atoms with E-state index in [0.29, 0.717) is 6.04 Å². The number of aromatic nitrogens is 2. The molecule has 0 aliphatic heterocycles. The van der Waals surface area contributed by atoms with Gasteiger partial charge in [-0.25, -0.2) is 9.97 Å². The second-order valence-electron chi connectivity index (χ2n) is 4.55. The molecule has 1 aromatic rings. The Morgan fingerprint density at radius 1 is 1.28 bits per heavy atom. The van der Waals surface area contributed by atoms with Gasteiger partial charge in [0, 0.05) is 23.9 Å². The first-order valence-corrected chi connectivity index (χ1v) is 7.80. The standard InChI is InChI=1S/C13H22N4S/c1-3-14-12-8-13(16-9-15-12)17-10-5-6-11(7-10)18-4-2/h8-11H,3-7H2,1-2H3,(H2,14,15,16,17).